The number of hydrogen-bond donors (Lipinski definition) is 1. The summed E-state index contributed by atoms with van der Waals surface area (Å²) in [6, 6.07) is 0.287. The summed E-state index contributed by atoms with van der Waals surface area (Å²) in [5, 5.41) is 0. The molecule has 84 valence electrons. The van der Waals surface area contributed by atoms with E-state index in [4.69, 9.17) is 10.5 Å². The molecule has 1 rings (SSSR count). The number of rotatable bonds is 5. The maximum absolute atomic E-state index is 5.74. The highest BCUT2D eigenvalue weighted by Gasteiger charge is 2.14. The molecule has 1 saturated heterocycles. The number of hydrogen-bond acceptors (Lipinski definition) is 3. The van der Waals surface area contributed by atoms with E-state index in [-0.39, 0.29) is 6.04 Å². The van der Waals surface area contributed by atoms with Gasteiger partial charge in [-0.25, -0.2) is 0 Å². The maximum atomic E-state index is 5.74. The minimum atomic E-state index is 0.287. The van der Waals surface area contributed by atoms with Gasteiger partial charge in [0.15, 0.2) is 0 Å². The zero-order valence-corrected chi connectivity index (χ0v) is 9.54. The van der Waals surface area contributed by atoms with Crippen LogP contribution >= 0.6 is 0 Å². The van der Waals surface area contributed by atoms with Crippen LogP contribution in [0.5, 0.6) is 0 Å². The standard InChI is InChI=1S/C11H24N2O/c1-10(12)9-13(2)6-3-11-4-7-14-8-5-11/h10-11H,3-9,12H2,1-2H3. The molecule has 0 amide bonds. The van der Waals surface area contributed by atoms with Gasteiger partial charge in [0.05, 0.1) is 0 Å². The molecule has 0 spiro atoms. The maximum Gasteiger partial charge on any atom is 0.0468 e. The lowest BCUT2D eigenvalue weighted by Crippen LogP contribution is -2.34. The van der Waals surface area contributed by atoms with E-state index in [1.54, 1.807) is 0 Å². The number of nitrogens with zero attached hydrogens (tertiary/aromatic N) is 1. The first-order chi connectivity index (χ1) is 6.68. The van der Waals surface area contributed by atoms with E-state index in [1.807, 2.05) is 0 Å². The molecule has 1 atom stereocenters. The minimum absolute atomic E-state index is 0.287. The molecule has 3 nitrogen and oxygen atoms in total. The fourth-order valence-corrected chi connectivity index (χ4v) is 2.02. The zero-order valence-electron chi connectivity index (χ0n) is 9.54. The quantitative estimate of drug-likeness (QED) is 0.722. The average molecular weight is 200 g/mol. The summed E-state index contributed by atoms with van der Waals surface area (Å²) in [6.45, 7) is 6.16. The van der Waals surface area contributed by atoms with Gasteiger partial charge in [-0.1, -0.05) is 0 Å². The van der Waals surface area contributed by atoms with Crippen molar-refractivity contribution in [1.82, 2.24) is 4.90 Å². The molecule has 0 radical (unpaired) electrons. The monoisotopic (exact) mass is 200 g/mol. The van der Waals surface area contributed by atoms with E-state index >= 15 is 0 Å². The first-order valence-corrected chi connectivity index (χ1v) is 5.70. The van der Waals surface area contributed by atoms with Crippen LogP contribution in [0.3, 0.4) is 0 Å². The Morgan fingerprint density at radius 3 is 2.64 bits per heavy atom. The van der Waals surface area contributed by atoms with Crippen LogP contribution in [0.1, 0.15) is 26.2 Å². The van der Waals surface area contributed by atoms with Crippen molar-refractivity contribution in [2.75, 3.05) is 33.4 Å². The van der Waals surface area contributed by atoms with Gasteiger partial charge in [0.1, 0.15) is 0 Å². The third-order valence-corrected chi connectivity index (χ3v) is 2.86. The van der Waals surface area contributed by atoms with Gasteiger partial charge in [0.25, 0.3) is 0 Å². The number of ether oxygens (including phenoxy) is 1. The number of likely N-dealkylation sites (N-methyl/N-ethyl adjacent to an activating group) is 1. The fourth-order valence-electron chi connectivity index (χ4n) is 2.02. The largest absolute Gasteiger partial charge is 0.381 e. The van der Waals surface area contributed by atoms with Crippen LogP contribution in [0.4, 0.5) is 0 Å². The van der Waals surface area contributed by atoms with E-state index in [2.05, 4.69) is 18.9 Å². The predicted molar refractivity (Wildman–Crippen MR) is 59.3 cm³/mol. The van der Waals surface area contributed by atoms with E-state index in [0.717, 1.165) is 25.7 Å². The Kier molecular flexibility index (Phi) is 5.45. The zero-order chi connectivity index (χ0) is 10.4. The van der Waals surface area contributed by atoms with Gasteiger partial charge in [-0.05, 0) is 45.7 Å². The van der Waals surface area contributed by atoms with Crippen LogP contribution in [-0.2, 0) is 4.74 Å². The lowest BCUT2D eigenvalue weighted by atomic mass is 9.96. The van der Waals surface area contributed by atoms with Crippen LogP contribution in [0.2, 0.25) is 0 Å². The van der Waals surface area contributed by atoms with Gasteiger partial charge in [-0.15, -0.1) is 0 Å². The second-order valence-corrected chi connectivity index (χ2v) is 4.58. The van der Waals surface area contributed by atoms with Gasteiger partial charge >= 0.3 is 0 Å². The van der Waals surface area contributed by atoms with Crippen LogP contribution in [0.15, 0.2) is 0 Å². The molecular formula is C11H24N2O. The van der Waals surface area contributed by atoms with E-state index in [0.29, 0.717) is 0 Å². The van der Waals surface area contributed by atoms with E-state index < -0.39 is 0 Å². The van der Waals surface area contributed by atoms with Crippen molar-refractivity contribution in [2.24, 2.45) is 11.7 Å². The van der Waals surface area contributed by atoms with Gasteiger partial charge < -0.3 is 15.4 Å². The summed E-state index contributed by atoms with van der Waals surface area (Å²) >= 11 is 0. The van der Waals surface area contributed by atoms with E-state index in [9.17, 15) is 0 Å². The Labute approximate surface area is 87.6 Å². The minimum Gasteiger partial charge on any atom is -0.381 e. The van der Waals surface area contributed by atoms with Crippen LogP contribution in [0, 0.1) is 5.92 Å². The van der Waals surface area contributed by atoms with Gasteiger partial charge in [-0.2, -0.15) is 0 Å². The second kappa shape index (κ2) is 6.38. The molecule has 0 aromatic carbocycles. The van der Waals surface area contributed by atoms with Crippen LogP contribution < -0.4 is 5.73 Å². The van der Waals surface area contributed by atoms with Crippen molar-refractivity contribution >= 4 is 0 Å². The molecule has 1 aliphatic heterocycles. The van der Waals surface area contributed by atoms with Crippen molar-refractivity contribution in [2.45, 2.75) is 32.2 Å². The molecule has 14 heavy (non-hydrogen) atoms. The Balaban J connectivity index is 2.06. The normalized spacial score (nSPS) is 21.4. The summed E-state index contributed by atoms with van der Waals surface area (Å²) < 4.78 is 5.34. The first-order valence-electron chi connectivity index (χ1n) is 5.70. The molecule has 1 unspecified atom stereocenters. The van der Waals surface area contributed by atoms with Crippen LogP contribution in [-0.4, -0.2) is 44.3 Å². The molecular weight excluding hydrogens is 176 g/mol. The SMILES string of the molecule is CC(N)CN(C)CCC1CCOCC1. The Morgan fingerprint density at radius 2 is 2.07 bits per heavy atom. The summed E-state index contributed by atoms with van der Waals surface area (Å²) in [4.78, 5) is 2.33. The van der Waals surface area contributed by atoms with E-state index in [1.165, 1.54) is 25.8 Å². The molecule has 1 heterocycles. The second-order valence-electron chi connectivity index (χ2n) is 4.58. The van der Waals surface area contributed by atoms with Gasteiger partial charge in [0.2, 0.25) is 0 Å². The lowest BCUT2D eigenvalue weighted by Gasteiger charge is -2.25. The first kappa shape index (κ1) is 12.0. The van der Waals surface area contributed by atoms with Gasteiger partial charge in [0, 0.05) is 25.8 Å². The molecule has 0 aliphatic carbocycles. The molecule has 2 N–H and O–H groups in total. The molecule has 0 bridgehead atoms. The van der Waals surface area contributed by atoms with Crippen molar-refractivity contribution in [3.05, 3.63) is 0 Å². The molecule has 0 aromatic heterocycles. The Bertz CT molecular complexity index is 144. The molecule has 3 heteroatoms. The van der Waals surface area contributed by atoms with Crippen molar-refractivity contribution in [3.63, 3.8) is 0 Å². The third kappa shape index (κ3) is 4.94. The summed E-state index contributed by atoms with van der Waals surface area (Å²) in [6.07, 6.45) is 3.78. The summed E-state index contributed by atoms with van der Waals surface area (Å²) in [7, 11) is 2.16. The van der Waals surface area contributed by atoms with Crippen molar-refractivity contribution in [1.29, 1.82) is 0 Å². The predicted octanol–water partition coefficient (Wildman–Crippen LogP) is 1.08. The molecule has 1 aliphatic rings. The summed E-state index contributed by atoms with van der Waals surface area (Å²) in [5.41, 5.74) is 5.74. The summed E-state index contributed by atoms with van der Waals surface area (Å²) in [5.74, 6) is 0.874. The lowest BCUT2D eigenvalue weighted by molar-refractivity contribution is 0.0609. The Morgan fingerprint density at radius 1 is 1.43 bits per heavy atom. The van der Waals surface area contributed by atoms with Gasteiger partial charge in [-0.3, -0.25) is 0 Å². The smallest absolute Gasteiger partial charge is 0.0468 e. The number of nitrogens with two attached hydrogens (primary N) is 1. The highest BCUT2D eigenvalue weighted by atomic mass is 16.5. The molecule has 1 fully saturated rings. The third-order valence-electron chi connectivity index (χ3n) is 2.86. The Hall–Kier alpha value is -0.120. The average Bonchev–Trinajstić information content (AvgIpc) is 2.15. The van der Waals surface area contributed by atoms with Crippen LogP contribution in [0.25, 0.3) is 0 Å². The molecule has 0 saturated carbocycles. The highest BCUT2D eigenvalue weighted by Crippen LogP contribution is 2.18. The van der Waals surface area contributed by atoms with Crippen molar-refractivity contribution in [3.8, 4) is 0 Å². The van der Waals surface area contributed by atoms with Crippen molar-refractivity contribution < 1.29 is 4.74 Å². The molecule has 0 aromatic rings. The fraction of sp³-hybridized carbons (Fsp3) is 1.00. The highest BCUT2D eigenvalue weighted by molar-refractivity contribution is 4.67. The topological polar surface area (TPSA) is 38.5 Å².